The Hall–Kier alpha value is -3.70. The molecule has 2 saturated heterocycles. The molecular weight excluding hydrogens is 472 g/mol. The third-order valence-corrected chi connectivity index (χ3v) is 6.58. The maximum absolute atomic E-state index is 12.8. The second kappa shape index (κ2) is 10.3. The molecule has 11 heteroatoms. The molecule has 182 valence electrons. The fourth-order valence-corrected chi connectivity index (χ4v) is 4.76. The summed E-state index contributed by atoms with van der Waals surface area (Å²) in [6.45, 7) is 5.44. The van der Waals surface area contributed by atoms with E-state index in [-0.39, 0.29) is 10.6 Å². The van der Waals surface area contributed by atoms with Crippen molar-refractivity contribution in [2.24, 2.45) is 0 Å². The van der Waals surface area contributed by atoms with Crippen LogP contribution in [0.4, 0.5) is 21.9 Å². The molecule has 4 rings (SSSR count). The highest BCUT2D eigenvalue weighted by Crippen LogP contribution is 2.35. The summed E-state index contributed by atoms with van der Waals surface area (Å²) >= 11 is 0.698. The average Bonchev–Trinajstić information content (AvgIpc) is 3.08. The summed E-state index contributed by atoms with van der Waals surface area (Å²) in [5.41, 5.74) is 3.33. The predicted octanol–water partition coefficient (Wildman–Crippen LogP) is 3.72. The predicted molar refractivity (Wildman–Crippen MR) is 133 cm³/mol. The van der Waals surface area contributed by atoms with Gasteiger partial charge in [0.05, 0.1) is 23.0 Å². The van der Waals surface area contributed by atoms with E-state index in [1.54, 1.807) is 18.2 Å². The number of carbonyl (C=O) groups excluding carboxylic acids is 3. The summed E-state index contributed by atoms with van der Waals surface area (Å²) in [7, 11) is 0. The van der Waals surface area contributed by atoms with Crippen molar-refractivity contribution in [1.29, 1.82) is 0 Å². The molecule has 0 aromatic heterocycles. The number of amides is 3. The highest BCUT2D eigenvalue weighted by atomic mass is 32.2. The Kier molecular flexibility index (Phi) is 7.17. The van der Waals surface area contributed by atoms with Gasteiger partial charge in [-0.05, 0) is 54.9 Å². The minimum atomic E-state index is -0.615. The van der Waals surface area contributed by atoms with Gasteiger partial charge in [-0.15, -0.1) is 0 Å². The molecule has 2 fully saturated rings. The molecule has 0 spiro atoms. The van der Waals surface area contributed by atoms with Gasteiger partial charge in [0.25, 0.3) is 16.8 Å². The number of nitrogens with one attached hydrogen (secondary N) is 1. The van der Waals surface area contributed by atoms with Crippen LogP contribution in [-0.4, -0.2) is 59.7 Å². The van der Waals surface area contributed by atoms with Crippen LogP contribution in [0.1, 0.15) is 16.7 Å². The summed E-state index contributed by atoms with van der Waals surface area (Å²) in [5.74, 6) is -1.11. The zero-order valence-electron chi connectivity index (χ0n) is 19.3. The van der Waals surface area contributed by atoms with Gasteiger partial charge in [0.2, 0.25) is 5.91 Å². The number of benzene rings is 2. The van der Waals surface area contributed by atoms with Crippen molar-refractivity contribution >= 4 is 52.0 Å². The fraction of sp³-hybridized carbons (Fsp3) is 0.292. The number of thioether (sulfide) groups is 1. The molecule has 0 radical (unpaired) electrons. The van der Waals surface area contributed by atoms with Crippen LogP contribution in [0.2, 0.25) is 0 Å². The first-order valence-electron chi connectivity index (χ1n) is 11.0. The molecule has 0 bridgehead atoms. The first-order valence-corrected chi connectivity index (χ1v) is 11.8. The second-order valence-corrected chi connectivity index (χ2v) is 9.23. The van der Waals surface area contributed by atoms with Crippen molar-refractivity contribution < 1.29 is 24.0 Å². The fourth-order valence-electron chi connectivity index (χ4n) is 3.92. The monoisotopic (exact) mass is 496 g/mol. The standard InChI is InChI=1S/C24H24N4O6S/c1-15-3-5-18(16(2)11-15)25-22(29)14-27-23(30)21(35-24(27)31)13-17-4-6-19(20(12-17)28(32)33)26-7-9-34-10-8-26/h3-6,11-13H,7-10,14H2,1-2H3,(H,25,29)/b21-13-. The molecule has 0 aliphatic carbocycles. The second-order valence-electron chi connectivity index (χ2n) is 8.24. The van der Waals surface area contributed by atoms with Gasteiger partial charge in [0, 0.05) is 24.8 Å². The molecule has 2 aromatic rings. The van der Waals surface area contributed by atoms with Gasteiger partial charge in [0.1, 0.15) is 12.2 Å². The molecular formula is C24H24N4O6S. The van der Waals surface area contributed by atoms with E-state index in [9.17, 15) is 24.5 Å². The molecule has 0 atom stereocenters. The van der Waals surface area contributed by atoms with Crippen LogP contribution in [0.15, 0.2) is 41.3 Å². The van der Waals surface area contributed by atoms with Gasteiger partial charge in [-0.3, -0.25) is 29.4 Å². The van der Waals surface area contributed by atoms with E-state index in [1.807, 2.05) is 30.9 Å². The lowest BCUT2D eigenvalue weighted by molar-refractivity contribution is -0.384. The first kappa shape index (κ1) is 24.4. The number of aryl methyl sites for hydroxylation is 2. The van der Waals surface area contributed by atoms with Gasteiger partial charge in [0.15, 0.2) is 0 Å². The van der Waals surface area contributed by atoms with Crippen molar-refractivity contribution in [2.75, 3.05) is 43.1 Å². The van der Waals surface area contributed by atoms with Crippen LogP contribution >= 0.6 is 11.8 Å². The molecule has 2 aliphatic heterocycles. The highest BCUT2D eigenvalue weighted by Gasteiger charge is 2.36. The molecule has 35 heavy (non-hydrogen) atoms. The lowest BCUT2D eigenvalue weighted by Gasteiger charge is -2.28. The third-order valence-electron chi connectivity index (χ3n) is 5.68. The zero-order valence-corrected chi connectivity index (χ0v) is 20.1. The number of hydrogen-bond acceptors (Lipinski definition) is 8. The Morgan fingerprint density at radius 1 is 1.17 bits per heavy atom. The lowest BCUT2D eigenvalue weighted by Crippen LogP contribution is -2.36. The number of rotatable bonds is 6. The van der Waals surface area contributed by atoms with Crippen molar-refractivity contribution in [3.8, 4) is 0 Å². The van der Waals surface area contributed by atoms with Gasteiger partial charge in [-0.25, -0.2) is 0 Å². The molecule has 0 unspecified atom stereocenters. The minimum Gasteiger partial charge on any atom is -0.378 e. The van der Waals surface area contributed by atoms with Crippen molar-refractivity contribution in [1.82, 2.24) is 4.90 Å². The van der Waals surface area contributed by atoms with Gasteiger partial charge >= 0.3 is 0 Å². The van der Waals surface area contributed by atoms with E-state index < -0.39 is 28.5 Å². The maximum atomic E-state index is 12.8. The molecule has 0 saturated carbocycles. The number of anilines is 2. The van der Waals surface area contributed by atoms with Crippen LogP contribution in [0, 0.1) is 24.0 Å². The molecule has 3 amide bonds. The Morgan fingerprint density at radius 3 is 2.60 bits per heavy atom. The van der Waals surface area contributed by atoms with Crippen LogP contribution in [-0.2, 0) is 14.3 Å². The molecule has 2 aliphatic rings. The number of ether oxygens (including phenoxy) is 1. The van der Waals surface area contributed by atoms with Crippen LogP contribution in [0.25, 0.3) is 6.08 Å². The lowest BCUT2D eigenvalue weighted by atomic mass is 10.1. The minimum absolute atomic E-state index is 0.0901. The number of carbonyl (C=O) groups is 3. The Morgan fingerprint density at radius 2 is 1.91 bits per heavy atom. The summed E-state index contributed by atoms with van der Waals surface area (Å²) in [6.07, 6.45) is 1.43. The Balaban J connectivity index is 1.49. The molecule has 2 aromatic carbocycles. The maximum Gasteiger partial charge on any atom is 0.294 e. The summed E-state index contributed by atoms with van der Waals surface area (Å²) in [4.78, 5) is 51.8. The van der Waals surface area contributed by atoms with Gasteiger partial charge in [-0.1, -0.05) is 23.8 Å². The summed E-state index contributed by atoms with van der Waals surface area (Å²) < 4.78 is 5.31. The van der Waals surface area contributed by atoms with E-state index in [0.29, 0.717) is 55.0 Å². The zero-order chi connectivity index (χ0) is 25.1. The largest absolute Gasteiger partial charge is 0.378 e. The number of nitro benzene ring substituents is 1. The third kappa shape index (κ3) is 5.52. The van der Waals surface area contributed by atoms with Crippen molar-refractivity contribution in [3.63, 3.8) is 0 Å². The first-order chi connectivity index (χ1) is 16.7. The Bertz CT molecular complexity index is 1240. The molecule has 2 heterocycles. The number of morpholine rings is 1. The summed E-state index contributed by atoms with van der Waals surface area (Å²) in [6, 6.07) is 10.2. The number of hydrogen-bond donors (Lipinski definition) is 1. The van der Waals surface area contributed by atoms with Gasteiger partial charge < -0.3 is 15.0 Å². The van der Waals surface area contributed by atoms with Crippen LogP contribution in [0.5, 0.6) is 0 Å². The smallest absolute Gasteiger partial charge is 0.294 e. The van der Waals surface area contributed by atoms with E-state index in [0.717, 1.165) is 16.0 Å². The van der Waals surface area contributed by atoms with Crippen molar-refractivity contribution in [3.05, 3.63) is 68.1 Å². The number of imide groups is 1. The van der Waals surface area contributed by atoms with E-state index in [4.69, 9.17) is 4.74 Å². The van der Waals surface area contributed by atoms with Gasteiger partial charge in [-0.2, -0.15) is 0 Å². The Labute approximate surface area is 206 Å². The van der Waals surface area contributed by atoms with Crippen LogP contribution in [0.3, 0.4) is 0 Å². The van der Waals surface area contributed by atoms with E-state index >= 15 is 0 Å². The average molecular weight is 497 g/mol. The number of nitrogens with zero attached hydrogens (tertiary/aromatic N) is 3. The number of nitro groups is 1. The topological polar surface area (TPSA) is 122 Å². The van der Waals surface area contributed by atoms with E-state index in [1.165, 1.54) is 12.1 Å². The molecule has 10 nitrogen and oxygen atoms in total. The van der Waals surface area contributed by atoms with Crippen LogP contribution < -0.4 is 10.2 Å². The summed E-state index contributed by atoms with van der Waals surface area (Å²) in [5, 5.41) is 13.8. The highest BCUT2D eigenvalue weighted by molar-refractivity contribution is 8.18. The normalized spacial score (nSPS) is 17.3. The quantitative estimate of drug-likeness (QED) is 0.365. The SMILES string of the molecule is Cc1ccc(NC(=O)CN2C(=O)S/C(=C\c3ccc(N4CCOCC4)c([N+](=O)[O-])c3)C2=O)c(C)c1. The van der Waals surface area contributed by atoms with E-state index in [2.05, 4.69) is 5.32 Å². The molecule has 1 N–H and O–H groups in total. The van der Waals surface area contributed by atoms with Crippen molar-refractivity contribution in [2.45, 2.75) is 13.8 Å².